The van der Waals surface area contributed by atoms with Gasteiger partial charge in [0.15, 0.2) is 0 Å². The van der Waals surface area contributed by atoms with Crippen LogP contribution in [0.25, 0.3) is 0 Å². The molecule has 0 heterocycles. The van der Waals surface area contributed by atoms with E-state index in [9.17, 15) is 5.11 Å². The highest BCUT2D eigenvalue weighted by Gasteiger charge is 2.27. The second-order valence-corrected chi connectivity index (χ2v) is 6.75. The number of hydrogen-bond acceptors (Lipinski definition) is 3. The zero-order valence-electron chi connectivity index (χ0n) is 13.4. The minimum absolute atomic E-state index is 0.0779. The molecule has 1 saturated carbocycles. The van der Waals surface area contributed by atoms with Crippen LogP contribution < -0.4 is 5.32 Å². The number of rotatable bonds is 10. The van der Waals surface area contributed by atoms with Crippen LogP contribution >= 0.6 is 0 Å². The summed E-state index contributed by atoms with van der Waals surface area (Å²) in [7, 11) is 2.24. The van der Waals surface area contributed by atoms with Crippen LogP contribution in [0.1, 0.15) is 59.3 Å². The van der Waals surface area contributed by atoms with Gasteiger partial charge in [-0.05, 0) is 51.6 Å². The van der Waals surface area contributed by atoms with E-state index in [1.807, 2.05) is 0 Å². The van der Waals surface area contributed by atoms with Crippen LogP contribution in [-0.2, 0) is 0 Å². The Morgan fingerprint density at radius 3 is 2.47 bits per heavy atom. The lowest BCUT2D eigenvalue weighted by Gasteiger charge is -2.35. The molecule has 1 atom stereocenters. The van der Waals surface area contributed by atoms with Gasteiger partial charge in [-0.2, -0.15) is 0 Å². The Bertz CT molecular complexity index is 235. The number of nitrogens with one attached hydrogen (secondary N) is 1. The molecule has 0 aromatic heterocycles. The summed E-state index contributed by atoms with van der Waals surface area (Å²) in [6.07, 6.45) is 7.50. The van der Waals surface area contributed by atoms with E-state index in [0.717, 1.165) is 31.7 Å². The average molecular weight is 270 g/mol. The largest absolute Gasteiger partial charge is 0.394 e. The van der Waals surface area contributed by atoms with Gasteiger partial charge in [-0.25, -0.2) is 0 Å². The number of aliphatic hydroxyl groups excluding tert-OH is 1. The van der Waals surface area contributed by atoms with Crippen molar-refractivity contribution in [2.24, 2.45) is 5.92 Å². The molecule has 3 heteroatoms. The second-order valence-electron chi connectivity index (χ2n) is 6.75. The third-order valence-electron chi connectivity index (χ3n) is 4.56. The summed E-state index contributed by atoms with van der Waals surface area (Å²) in [5, 5.41) is 13.3. The van der Waals surface area contributed by atoms with E-state index >= 15 is 0 Å². The summed E-state index contributed by atoms with van der Waals surface area (Å²) in [5.74, 6) is 0.951. The van der Waals surface area contributed by atoms with Gasteiger partial charge in [-0.3, -0.25) is 0 Å². The van der Waals surface area contributed by atoms with Crippen LogP contribution in [0.5, 0.6) is 0 Å². The molecule has 1 rings (SSSR count). The van der Waals surface area contributed by atoms with Crippen LogP contribution in [0.3, 0.4) is 0 Å². The van der Waals surface area contributed by atoms with Gasteiger partial charge in [0.2, 0.25) is 0 Å². The summed E-state index contributed by atoms with van der Waals surface area (Å²) >= 11 is 0. The first-order valence-corrected chi connectivity index (χ1v) is 8.08. The van der Waals surface area contributed by atoms with Gasteiger partial charge in [-0.1, -0.05) is 27.2 Å². The van der Waals surface area contributed by atoms with Gasteiger partial charge >= 0.3 is 0 Å². The van der Waals surface area contributed by atoms with E-state index in [4.69, 9.17) is 0 Å². The first-order valence-electron chi connectivity index (χ1n) is 8.08. The van der Waals surface area contributed by atoms with Crippen LogP contribution in [0.15, 0.2) is 0 Å². The lowest BCUT2D eigenvalue weighted by molar-refractivity contribution is 0.128. The third kappa shape index (κ3) is 5.80. The lowest BCUT2D eigenvalue weighted by atomic mass is 9.85. The van der Waals surface area contributed by atoms with Gasteiger partial charge in [0.05, 0.1) is 6.61 Å². The molecule has 1 aliphatic rings. The summed E-state index contributed by atoms with van der Waals surface area (Å²) in [5.41, 5.74) is -0.0779. The van der Waals surface area contributed by atoms with Gasteiger partial charge in [0.25, 0.3) is 0 Å². The molecule has 1 unspecified atom stereocenters. The van der Waals surface area contributed by atoms with Crippen molar-refractivity contribution in [3.05, 3.63) is 0 Å². The van der Waals surface area contributed by atoms with Crippen molar-refractivity contribution < 1.29 is 5.11 Å². The molecular weight excluding hydrogens is 236 g/mol. The summed E-state index contributed by atoms with van der Waals surface area (Å²) < 4.78 is 0. The normalized spacial score (nSPS) is 19.7. The predicted octanol–water partition coefficient (Wildman–Crippen LogP) is 2.64. The first-order chi connectivity index (χ1) is 9.01. The SMILES string of the molecule is CCC(CO)(CCCN(C)CC1CCC1)NC(C)C. The van der Waals surface area contributed by atoms with Gasteiger partial charge in [0.1, 0.15) is 0 Å². The molecule has 0 aromatic carbocycles. The fourth-order valence-corrected chi connectivity index (χ4v) is 3.09. The lowest BCUT2D eigenvalue weighted by Crippen LogP contribution is -2.51. The van der Waals surface area contributed by atoms with Gasteiger partial charge in [0, 0.05) is 18.1 Å². The Morgan fingerprint density at radius 1 is 1.37 bits per heavy atom. The monoisotopic (exact) mass is 270 g/mol. The molecule has 0 amide bonds. The first kappa shape index (κ1) is 16.9. The summed E-state index contributed by atoms with van der Waals surface area (Å²) in [4.78, 5) is 2.47. The van der Waals surface area contributed by atoms with E-state index in [0.29, 0.717) is 6.04 Å². The smallest absolute Gasteiger partial charge is 0.0613 e. The highest BCUT2D eigenvalue weighted by atomic mass is 16.3. The Kier molecular flexibility index (Phi) is 7.33. The van der Waals surface area contributed by atoms with Gasteiger partial charge in [-0.15, -0.1) is 0 Å². The highest BCUT2D eigenvalue weighted by molar-refractivity contribution is 4.87. The Labute approximate surface area is 119 Å². The van der Waals surface area contributed by atoms with Crippen LogP contribution in [0.4, 0.5) is 0 Å². The molecule has 0 saturated heterocycles. The Balaban J connectivity index is 2.26. The molecule has 0 bridgehead atoms. The topological polar surface area (TPSA) is 35.5 Å². The molecule has 0 aliphatic heterocycles. The molecule has 0 aromatic rings. The number of aliphatic hydroxyl groups is 1. The molecule has 19 heavy (non-hydrogen) atoms. The van der Waals surface area contributed by atoms with Crippen molar-refractivity contribution >= 4 is 0 Å². The second kappa shape index (κ2) is 8.23. The maximum absolute atomic E-state index is 9.71. The Hall–Kier alpha value is -0.120. The van der Waals surface area contributed by atoms with Crippen molar-refractivity contribution in [2.75, 3.05) is 26.7 Å². The zero-order chi connectivity index (χ0) is 14.3. The van der Waals surface area contributed by atoms with E-state index in [-0.39, 0.29) is 12.1 Å². The van der Waals surface area contributed by atoms with Crippen LogP contribution in [0.2, 0.25) is 0 Å². The molecule has 114 valence electrons. The standard InChI is InChI=1S/C16H34N2O/c1-5-16(13-19,17-14(2)3)10-7-11-18(4)12-15-8-6-9-15/h14-15,17,19H,5-13H2,1-4H3. The average Bonchev–Trinajstić information content (AvgIpc) is 2.32. The molecule has 2 N–H and O–H groups in total. The molecule has 1 fully saturated rings. The third-order valence-corrected chi connectivity index (χ3v) is 4.56. The minimum atomic E-state index is -0.0779. The molecule has 3 nitrogen and oxygen atoms in total. The molecule has 0 radical (unpaired) electrons. The number of nitrogens with zero attached hydrogens (tertiary/aromatic N) is 1. The fourth-order valence-electron chi connectivity index (χ4n) is 3.09. The van der Waals surface area contributed by atoms with E-state index < -0.39 is 0 Å². The van der Waals surface area contributed by atoms with Crippen LogP contribution in [0, 0.1) is 5.92 Å². The van der Waals surface area contributed by atoms with E-state index in [2.05, 4.69) is 38.0 Å². The minimum Gasteiger partial charge on any atom is -0.394 e. The van der Waals surface area contributed by atoms with Crippen LogP contribution in [-0.4, -0.2) is 48.3 Å². The quantitative estimate of drug-likeness (QED) is 0.640. The summed E-state index contributed by atoms with van der Waals surface area (Å²) in [6, 6.07) is 0.430. The number of hydrogen-bond donors (Lipinski definition) is 2. The van der Waals surface area contributed by atoms with Crippen molar-refractivity contribution in [3.63, 3.8) is 0 Å². The molecule has 1 aliphatic carbocycles. The van der Waals surface area contributed by atoms with E-state index in [1.54, 1.807) is 0 Å². The zero-order valence-corrected chi connectivity index (χ0v) is 13.4. The maximum Gasteiger partial charge on any atom is 0.0613 e. The predicted molar refractivity (Wildman–Crippen MR) is 82.5 cm³/mol. The van der Waals surface area contributed by atoms with Crippen molar-refractivity contribution in [2.45, 2.75) is 70.9 Å². The maximum atomic E-state index is 9.71. The van der Waals surface area contributed by atoms with Crippen molar-refractivity contribution in [1.82, 2.24) is 10.2 Å². The Morgan fingerprint density at radius 2 is 2.05 bits per heavy atom. The summed E-state index contributed by atoms with van der Waals surface area (Å²) in [6.45, 7) is 9.14. The van der Waals surface area contributed by atoms with Gasteiger partial charge < -0.3 is 15.3 Å². The fraction of sp³-hybridized carbons (Fsp3) is 1.00. The molecule has 0 spiro atoms. The highest BCUT2D eigenvalue weighted by Crippen LogP contribution is 2.27. The van der Waals surface area contributed by atoms with E-state index in [1.165, 1.54) is 25.8 Å². The molecular formula is C16H34N2O. The van der Waals surface area contributed by atoms with Crippen molar-refractivity contribution in [3.8, 4) is 0 Å². The van der Waals surface area contributed by atoms with Crippen molar-refractivity contribution in [1.29, 1.82) is 0 Å².